The molecule has 3 aliphatic rings. The van der Waals surface area contributed by atoms with Gasteiger partial charge >= 0.3 is 0 Å². The summed E-state index contributed by atoms with van der Waals surface area (Å²) < 4.78 is 27.2. The van der Waals surface area contributed by atoms with Crippen molar-refractivity contribution in [1.29, 1.82) is 0 Å². The first-order valence-electron chi connectivity index (χ1n) is 12.1. The van der Waals surface area contributed by atoms with E-state index < -0.39 is 10.0 Å². The van der Waals surface area contributed by atoms with E-state index in [1.165, 1.54) is 0 Å². The van der Waals surface area contributed by atoms with Crippen molar-refractivity contribution in [1.82, 2.24) is 14.1 Å². The van der Waals surface area contributed by atoms with Gasteiger partial charge < -0.3 is 9.80 Å². The fourth-order valence-electron chi connectivity index (χ4n) is 5.03. The van der Waals surface area contributed by atoms with Gasteiger partial charge in [-0.05, 0) is 69.2 Å². The number of piperidine rings is 2. The molecule has 4 rings (SSSR count). The molecule has 1 amide bonds. The molecule has 1 aromatic carbocycles. The van der Waals surface area contributed by atoms with Gasteiger partial charge in [0.25, 0.3) is 0 Å². The molecule has 3 fully saturated rings. The molecule has 1 aromatic rings. The van der Waals surface area contributed by atoms with Crippen LogP contribution in [0, 0.1) is 0 Å². The number of likely N-dealkylation sites (tertiary alicyclic amines) is 1. The van der Waals surface area contributed by atoms with Crippen LogP contribution in [-0.2, 0) is 21.2 Å². The Labute approximate surface area is 187 Å². The standard InChI is InChI=1S/C24H37N3O3S/c1-2-25-18-14-22(15-19-25)27(21-9-10-21)24(28)13-8-20-6-11-23(12-7-20)31(29,30)26-16-4-3-5-17-26/h6-7,11-12,21-22H,2-5,8-10,13-19H2,1H3. The SMILES string of the molecule is CCN1CCC(N(C(=O)CCc2ccc(S(=O)(=O)N3CCCCC3)cc2)C2CC2)CC1. The van der Waals surface area contributed by atoms with Crippen LogP contribution in [0.3, 0.4) is 0 Å². The Hall–Kier alpha value is -1.44. The van der Waals surface area contributed by atoms with E-state index in [0.29, 0.717) is 42.9 Å². The average Bonchev–Trinajstić information content (AvgIpc) is 3.64. The lowest BCUT2D eigenvalue weighted by Crippen LogP contribution is -2.48. The number of nitrogens with zero attached hydrogens (tertiary/aromatic N) is 3. The molecule has 0 bridgehead atoms. The van der Waals surface area contributed by atoms with Gasteiger partial charge in [0.15, 0.2) is 0 Å². The zero-order valence-corrected chi connectivity index (χ0v) is 19.7. The summed E-state index contributed by atoms with van der Waals surface area (Å²) in [4.78, 5) is 18.1. The van der Waals surface area contributed by atoms with Crippen molar-refractivity contribution in [2.45, 2.75) is 81.7 Å². The topological polar surface area (TPSA) is 60.9 Å². The van der Waals surface area contributed by atoms with Crippen LogP contribution >= 0.6 is 0 Å². The average molecular weight is 448 g/mol. The molecule has 1 saturated carbocycles. The van der Waals surface area contributed by atoms with Crippen molar-refractivity contribution < 1.29 is 13.2 Å². The third kappa shape index (κ3) is 5.49. The van der Waals surface area contributed by atoms with Crippen LogP contribution in [0.25, 0.3) is 0 Å². The first kappa shape index (κ1) is 22.7. The van der Waals surface area contributed by atoms with Crippen LogP contribution in [0.5, 0.6) is 0 Å². The number of aryl methyl sites for hydroxylation is 1. The number of rotatable bonds is 8. The maximum Gasteiger partial charge on any atom is 0.243 e. The number of carbonyl (C=O) groups excluding carboxylic acids is 1. The molecule has 0 unspecified atom stereocenters. The van der Waals surface area contributed by atoms with Crippen molar-refractivity contribution in [2.24, 2.45) is 0 Å². The molecule has 1 aliphatic carbocycles. The van der Waals surface area contributed by atoms with Crippen LogP contribution < -0.4 is 0 Å². The summed E-state index contributed by atoms with van der Waals surface area (Å²) in [6.45, 7) is 6.70. The lowest BCUT2D eigenvalue weighted by molar-refractivity contribution is -0.135. The minimum Gasteiger partial charge on any atom is -0.337 e. The van der Waals surface area contributed by atoms with Gasteiger partial charge in [-0.2, -0.15) is 4.31 Å². The minimum atomic E-state index is -3.39. The third-order valence-corrected chi connectivity index (χ3v) is 9.04. The zero-order chi connectivity index (χ0) is 21.8. The molecule has 0 spiro atoms. The highest BCUT2D eigenvalue weighted by Gasteiger charge is 2.38. The van der Waals surface area contributed by atoms with E-state index in [9.17, 15) is 13.2 Å². The second-order valence-electron chi connectivity index (χ2n) is 9.31. The van der Waals surface area contributed by atoms with E-state index in [-0.39, 0.29) is 5.91 Å². The summed E-state index contributed by atoms with van der Waals surface area (Å²) in [5, 5.41) is 0. The van der Waals surface area contributed by atoms with Gasteiger partial charge in [-0.15, -0.1) is 0 Å². The van der Waals surface area contributed by atoms with Crippen LogP contribution in [0.4, 0.5) is 0 Å². The highest BCUT2D eigenvalue weighted by molar-refractivity contribution is 7.89. The van der Waals surface area contributed by atoms with E-state index in [1.54, 1.807) is 16.4 Å². The Kier molecular flexibility index (Phi) is 7.34. The van der Waals surface area contributed by atoms with Gasteiger partial charge in [0.1, 0.15) is 0 Å². The molecule has 0 N–H and O–H groups in total. The van der Waals surface area contributed by atoms with E-state index in [1.807, 2.05) is 12.1 Å². The van der Waals surface area contributed by atoms with Gasteiger partial charge in [-0.25, -0.2) is 8.42 Å². The number of benzene rings is 1. The second-order valence-corrected chi connectivity index (χ2v) is 11.2. The Bertz CT molecular complexity index is 837. The van der Waals surface area contributed by atoms with E-state index in [4.69, 9.17) is 0 Å². The summed E-state index contributed by atoms with van der Waals surface area (Å²) in [5.74, 6) is 0.266. The first-order chi connectivity index (χ1) is 15.0. The van der Waals surface area contributed by atoms with Crippen molar-refractivity contribution in [3.05, 3.63) is 29.8 Å². The molecular formula is C24H37N3O3S. The normalized spacial score (nSPS) is 21.8. The fraction of sp³-hybridized carbons (Fsp3) is 0.708. The molecule has 0 radical (unpaired) electrons. The minimum absolute atomic E-state index is 0.266. The Morgan fingerprint density at radius 1 is 0.935 bits per heavy atom. The van der Waals surface area contributed by atoms with E-state index in [2.05, 4.69) is 16.7 Å². The summed E-state index contributed by atoms with van der Waals surface area (Å²) in [5.41, 5.74) is 1.03. The molecule has 6 nitrogen and oxygen atoms in total. The van der Waals surface area contributed by atoms with Crippen LogP contribution in [0.1, 0.15) is 63.9 Å². The predicted molar refractivity (Wildman–Crippen MR) is 122 cm³/mol. The highest BCUT2D eigenvalue weighted by atomic mass is 32.2. The van der Waals surface area contributed by atoms with E-state index >= 15 is 0 Å². The number of amides is 1. The van der Waals surface area contributed by atoms with Gasteiger partial charge in [0.05, 0.1) is 4.90 Å². The fourth-order valence-corrected chi connectivity index (χ4v) is 6.55. The number of hydrogen-bond donors (Lipinski definition) is 0. The molecule has 0 atom stereocenters. The summed E-state index contributed by atoms with van der Waals surface area (Å²) in [6.07, 6.45) is 8.60. The maximum atomic E-state index is 13.1. The Morgan fingerprint density at radius 3 is 2.13 bits per heavy atom. The molecule has 2 saturated heterocycles. The van der Waals surface area contributed by atoms with E-state index in [0.717, 1.165) is 70.1 Å². The summed E-state index contributed by atoms with van der Waals surface area (Å²) in [6, 6.07) is 8.02. The first-order valence-corrected chi connectivity index (χ1v) is 13.6. The molecule has 172 valence electrons. The van der Waals surface area contributed by atoms with Gasteiger partial charge in [-0.1, -0.05) is 25.5 Å². The lowest BCUT2D eigenvalue weighted by atomic mass is 10.0. The Morgan fingerprint density at radius 2 is 1.55 bits per heavy atom. The largest absolute Gasteiger partial charge is 0.337 e. The van der Waals surface area contributed by atoms with Crippen molar-refractivity contribution in [3.8, 4) is 0 Å². The zero-order valence-electron chi connectivity index (χ0n) is 18.8. The van der Waals surface area contributed by atoms with Crippen molar-refractivity contribution >= 4 is 15.9 Å². The summed E-state index contributed by atoms with van der Waals surface area (Å²) in [7, 11) is -3.39. The summed E-state index contributed by atoms with van der Waals surface area (Å²) >= 11 is 0. The molecular weight excluding hydrogens is 410 g/mol. The monoisotopic (exact) mass is 447 g/mol. The molecule has 31 heavy (non-hydrogen) atoms. The van der Waals surface area contributed by atoms with Crippen molar-refractivity contribution in [2.75, 3.05) is 32.7 Å². The highest BCUT2D eigenvalue weighted by Crippen LogP contribution is 2.32. The predicted octanol–water partition coefficient (Wildman–Crippen LogP) is 3.27. The smallest absolute Gasteiger partial charge is 0.243 e. The Balaban J connectivity index is 1.33. The van der Waals surface area contributed by atoms with Crippen LogP contribution in [0.2, 0.25) is 0 Å². The molecule has 2 aliphatic heterocycles. The van der Waals surface area contributed by atoms with Gasteiger partial charge in [0.2, 0.25) is 15.9 Å². The quantitative estimate of drug-likeness (QED) is 0.614. The molecule has 0 aromatic heterocycles. The second kappa shape index (κ2) is 10.0. The van der Waals surface area contributed by atoms with Gasteiger partial charge in [-0.3, -0.25) is 4.79 Å². The van der Waals surface area contributed by atoms with Crippen LogP contribution in [0.15, 0.2) is 29.2 Å². The number of hydrogen-bond acceptors (Lipinski definition) is 4. The molecule has 7 heteroatoms. The van der Waals surface area contributed by atoms with Crippen molar-refractivity contribution in [3.63, 3.8) is 0 Å². The van der Waals surface area contributed by atoms with Gasteiger partial charge in [0, 0.05) is 44.7 Å². The number of carbonyl (C=O) groups is 1. The number of sulfonamides is 1. The lowest BCUT2D eigenvalue weighted by Gasteiger charge is -2.38. The third-order valence-electron chi connectivity index (χ3n) is 7.13. The maximum absolute atomic E-state index is 13.1. The van der Waals surface area contributed by atoms with Crippen LogP contribution in [-0.4, -0.2) is 73.2 Å². The molecule has 2 heterocycles.